The van der Waals surface area contributed by atoms with E-state index in [9.17, 15) is 0 Å². The molecular formula is C10H9N3S. The van der Waals surface area contributed by atoms with Crippen LogP contribution in [0.5, 0.6) is 0 Å². The summed E-state index contributed by atoms with van der Waals surface area (Å²) >= 11 is 1.66. The molecular weight excluding hydrogens is 194 g/mol. The molecule has 1 aromatic carbocycles. The molecule has 2 rings (SSSR count). The van der Waals surface area contributed by atoms with E-state index in [1.54, 1.807) is 11.3 Å². The highest BCUT2D eigenvalue weighted by molar-refractivity contribution is 7.18. The first-order chi connectivity index (χ1) is 6.83. The van der Waals surface area contributed by atoms with Crippen molar-refractivity contribution in [3.05, 3.63) is 28.8 Å². The smallest absolute Gasteiger partial charge is 0.108 e. The molecule has 2 aromatic rings. The summed E-state index contributed by atoms with van der Waals surface area (Å²) in [5.41, 5.74) is 1.58. The van der Waals surface area contributed by atoms with Crippen molar-refractivity contribution in [3.63, 3.8) is 0 Å². The summed E-state index contributed by atoms with van der Waals surface area (Å²) < 4.78 is 1.13. The number of aromatic nitrogens is 1. The Morgan fingerprint density at radius 3 is 3.14 bits per heavy atom. The van der Waals surface area contributed by atoms with E-state index in [-0.39, 0.29) is 0 Å². The summed E-state index contributed by atoms with van der Waals surface area (Å²) in [6, 6.07) is 7.71. The molecule has 0 saturated carbocycles. The van der Waals surface area contributed by atoms with Crippen molar-refractivity contribution in [2.75, 3.05) is 7.05 Å². The van der Waals surface area contributed by atoms with Crippen molar-refractivity contribution in [1.29, 1.82) is 5.26 Å². The van der Waals surface area contributed by atoms with Crippen LogP contribution in [0.4, 0.5) is 0 Å². The molecule has 3 nitrogen and oxygen atoms in total. The molecule has 0 aliphatic rings. The first-order valence-corrected chi connectivity index (χ1v) is 5.09. The number of thiazole rings is 1. The lowest BCUT2D eigenvalue weighted by atomic mass is 10.2. The van der Waals surface area contributed by atoms with Gasteiger partial charge in [-0.25, -0.2) is 4.98 Å². The maximum absolute atomic E-state index is 8.72. The van der Waals surface area contributed by atoms with Crippen molar-refractivity contribution >= 4 is 21.6 Å². The van der Waals surface area contributed by atoms with Crippen LogP contribution in [0.25, 0.3) is 10.2 Å². The van der Waals surface area contributed by atoms with Gasteiger partial charge >= 0.3 is 0 Å². The second kappa shape index (κ2) is 3.74. The molecule has 4 heteroatoms. The average molecular weight is 203 g/mol. The summed E-state index contributed by atoms with van der Waals surface area (Å²) in [7, 11) is 1.90. The maximum atomic E-state index is 8.72. The van der Waals surface area contributed by atoms with Crippen LogP contribution in [0.1, 0.15) is 10.6 Å². The van der Waals surface area contributed by atoms with E-state index >= 15 is 0 Å². The summed E-state index contributed by atoms with van der Waals surface area (Å²) in [6.45, 7) is 0.779. The summed E-state index contributed by atoms with van der Waals surface area (Å²) in [5, 5.41) is 12.8. The van der Waals surface area contributed by atoms with Gasteiger partial charge in [-0.3, -0.25) is 0 Å². The second-order valence-electron chi connectivity index (χ2n) is 2.93. The second-order valence-corrected chi connectivity index (χ2v) is 4.05. The quantitative estimate of drug-likeness (QED) is 0.810. The van der Waals surface area contributed by atoms with Crippen molar-refractivity contribution in [2.45, 2.75) is 6.54 Å². The van der Waals surface area contributed by atoms with E-state index in [0.717, 1.165) is 21.8 Å². The van der Waals surface area contributed by atoms with E-state index in [1.807, 2.05) is 25.2 Å². The average Bonchev–Trinajstić information content (AvgIpc) is 2.59. The third-order valence-electron chi connectivity index (χ3n) is 1.89. The fourth-order valence-corrected chi connectivity index (χ4v) is 2.23. The zero-order valence-corrected chi connectivity index (χ0v) is 8.56. The number of fused-ring (bicyclic) bond motifs is 1. The predicted molar refractivity (Wildman–Crippen MR) is 57.1 cm³/mol. The highest BCUT2D eigenvalue weighted by atomic mass is 32.1. The van der Waals surface area contributed by atoms with Crippen LogP contribution in [-0.4, -0.2) is 12.0 Å². The Morgan fingerprint density at radius 2 is 2.43 bits per heavy atom. The molecule has 0 bridgehead atoms. The molecule has 0 fully saturated rings. The largest absolute Gasteiger partial charge is 0.314 e. The number of benzene rings is 1. The van der Waals surface area contributed by atoms with Gasteiger partial charge in [0.1, 0.15) is 5.01 Å². The van der Waals surface area contributed by atoms with Crippen LogP contribution in [-0.2, 0) is 6.54 Å². The van der Waals surface area contributed by atoms with E-state index in [0.29, 0.717) is 5.56 Å². The summed E-state index contributed by atoms with van der Waals surface area (Å²) in [6.07, 6.45) is 0. The van der Waals surface area contributed by atoms with Gasteiger partial charge in [-0.05, 0) is 25.2 Å². The molecule has 0 atom stereocenters. The fourth-order valence-electron chi connectivity index (χ4n) is 1.27. The molecule has 0 aliphatic heterocycles. The number of hydrogen-bond acceptors (Lipinski definition) is 4. The minimum Gasteiger partial charge on any atom is -0.314 e. The summed E-state index contributed by atoms with van der Waals surface area (Å²) in [4.78, 5) is 4.42. The van der Waals surface area contributed by atoms with E-state index in [4.69, 9.17) is 5.26 Å². The van der Waals surface area contributed by atoms with E-state index < -0.39 is 0 Å². The van der Waals surface area contributed by atoms with Crippen LogP contribution in [0.3, 0.4) is 0 Å². The Kier molecular flexibility index (Phi) is 2.44. The monoisotopic (exact) mass is 203 g/mol. The molecule has 70 valence electrons. The number of rotatable bonds is 2. The molecule has 0 spiro atoms. The molecule has 14 heavy (non-hydrogen) atoms. The molecule has 1 heterocycles. The van der Waals surface area contributed by atoms with Gasteiger partial charge < -0.3 is 5.32 Å². The lowest BCUT2D eigenvalue weighted by Gasteiger charge is -1.88. The van der Waals surface area contributed by atoms with Gasteiger partial charge in [0, 0.05) is 6.54 Å². The third kappa shape index (κ3) is 1.60. The molecule has 0 aliphatic carbocycles. The predicted octanol–water partition coefficient (Wildman–Crippen LogP) is 1.89. The SMILES string of the molecule is CNCc1nc2cc(C#N)ccc2s1. The molecule has 1 aromatic heterocycles. The number of nitriles is 1. The van der Waals surface area contributed by atoms with Crippen molar-refractivity contribution in [2.24, 2.45) is 0 Å². The minimum atomic E-state index is 0.666. The zero-order valence-electron chi connectivity index (χ0n) is 7.74. The zero-order chi connectivity index (χ0) is 9.97. The first-order valence-electron chi connectivity index (χ1n) is 4.27. The van der Waals surface area contributed by atoms with Crippen LogP contribution in [0.2, 0.25) is 0 Å². The highest BCUT2D eigenvalue weighted by Gasteiger charge is 2.03. The highest BCUT2D eigenvalue weighted by Crippen LogP contribution is 2.22. The Labute approximate surface area is 86.0 Å². The lowest BCUT2D eigenvalue weighted by molar-refractivity contribution is 0.812. The van der Waals surface area contributed by atoms with Gasteiger partial charge in [-0.2, -0.15) is 5.26 Å². The van der Waals surface area contributed by atoms with Crippen molar-refractivity contribution in [1.82, 2.24) is 10.3 Å². The lowest BCUT2D eigenvalue weighted by Crippen LogP contribution is -2.03. The minimum absolute atomic E-state index is 0.666. The van der Waals surface area contributed by atoms with Gasteiger partial charge in [0.2, 0.25) is 0 Å². The maximum Gasteiger partial charge on any atom is 0.108 e. The van der Waals surface area contributed by atoms with E-state index in [1.165, 1.54) is 0 Å². The Hall–Kier alpha value is -1.44. The van der Waals surface area contributed by atoms with Gasteiger partial charge in [-0.15, -0.1) is 11.3 Å². The van der Waals surface area contributed by atoms with Crippen LogP contribution in [0.15, 0.2) is 18.2 Å². The van der Waals surface area contributed by atoms with Gasteiger partial charge in [-0.1, -0.05) is 0 Å². The van der Waals surface area contributed by atoms with Crippen molar-refractivity contribution in [3.8, 4) is 6.07 Å². The van der Waals surface area contributed by atoms with Gasteiger partial charge in [0.05, 0.1) is 21.8 Å². The molecule has 0 radical (unpaired) electrons. The molecule has 0 amide bonds. The molecule has 1 N–H and O–H groups in total. The Balaban J connectivity index is 2.50. The first kappa shape index (κ1) is 9.13. The third-order valence-corrected chi connectivity index (χ3v) is 2.93. The Bertz CT molecular complexity index is 496. The van der Waals surface area contributed by atoms with Crippen LogP contribution < -0.4 is 5.32 Å². The topological polar surface area (TPSA) is 48.7 Å². The van der Waals surface area contributed by atoms with E-state index in [2.05, 4.69) is 16.4 Å². The standard InChI is InChI=1S/C10H9N3S/c1-12-6-10-13-8-4-7(5-11)2-3-9(8)14-10/h2-4,12H,6H2,1H3. The normalized spacial score (nSPS) is 10.3. The van der Waals surface area contributed by atoms with Crippen LogP contribution >= 0.6 is 11.3 Å². The van der Waals surface area contributed by atoms with Crippen molar-refractivity contribution < 1.29 is 0 Å². The van der Waals surface area contributed by atoms with Gasteiger partial charge in [0.15, 0.2) is 0 Å². The number of hydrogen-bond donors (Lipinski definition) is 1. The fraction of sp³-hybridized carbons (Fsp3) is 0.200. The van der Waals surface area contributed by atoms with Gasteiger partial charge in [0.25, 0.3) is 0 Å². The number of nitrogens with zero attached hydrogens (tertiary/aromatic N) is 2. The Morgan fingerprint density at radius 1 is 1.57 bits per heavy atom. The summed E-state index contributed by atoms with van der Waals surface area (Å²) in [5.74, 6) is 0. The molecule has 0 saturated heterocycles. The number of nitrogens with one attached hydrogen (secondary N) is 1. The molecule has 0 unspecified atom stereocenters. The van der Waals surface area contributed by atoms with Crippen LogP contribution in [0, 0.1) is 11.3 Å².